The molecule has 1 amide bonds. The quantitative estimate of drug-likeness (QED) is 0.608. The van der Waals surface area contributed by atoms with E-state index in [1.165, 1.54) is 35.2 Å². The van der Waals surface area contributed by atoms with Crippen LogP contribution in [0.4, 0.5) is 5.69 Å². The number of hydrogen-bond acceptors (Lipinski definition) is 6. The summed E-state index contributed by atoms with van der Waals surface area (Å²) in [5.41, 5.74) is 1.27. The maximum Gasteiger partial charge on any atom is 0.335 e. The summed E-state index contributed by atoms with van der Waals surface area (Å²) in [6.07, 6.45) is 1.65. The first-order valence-electron chi connectivity index (χ1n) is 7.96. The molecule has 1 heterocycles. The summed E-state index contributed by atoms with van der Waals surface area (Å²) in [4.78, 5) is 25.5. The second kappa shape index (κ2) is 7.81. The highest BCUT2D eigenvalue weighted by molar-refractivity contribution is 8.27. The first kappa shape index (κ1) is 18.9. The van der Waals surface area contributed by atoms with Crippen LogP contribution in [0.2, 0.25) is 0 Å². The standard InChI is InChI=1S/C19H15NO5S2/c1-2-25-15-9-11(3-8-14(15)21)10-16-17(22)20(19(26)27-16)13-6-4-12(5-7-13)18(23)24/h3-10,21H,2H2,1H3,(H,23,24)/p-1/b16-10-. The van der Waals surface area contributed by atoms with Gasteiger partial charge in [0.25, 0.3) is 5.91 Å². The number of carboxylic acid groups (broad SMARTS) is 1. The molecule has 0 radical (unpaired) electrons. The van der Waals surface area contributed by atoms with Crippen LogP contribution in [0.1, 0.15) is 22.8 Å². The Hall–Kier alpha value is -2.84. The van der Waals surface area contributed by atoms with Crippen molar-refractivity contribution in [3.05, 3.63) is 58.5 Å². The number of thiocarbonyl (C=S) groups is 1. The summed E-state index contributed by atoms with van der Waals surface area (Å²) >= 11 is 6.44. The molecule has 1 saturated heterocycles. The Morgan fingerprint density at radius 1 is 1.30 bits per heavy atom. The second-order valence-corrected chi connectivity index (χ2v) is 7.18. The highest BCUT2D eigenvalue weighted by atomic mass is 32.2. The van der Waals surface area contributed by atoms with E-state index in [-0.39, 0.29) is 23.0 Å². The zero-order chi connectivity index (χ0) is 19.6. The molecule has 1 aliphatic heterocycles. The zero-order valence-electron chi connectivity index (χ0n) is 14.2. The summed E-state index contributed by atoms with van der Waals surface area (Å²) in [6, 6.07) is 10.5. The number of nitrogens with zero attached hydrogens (tertiary/aromatic N) is 1. The second-order valence-electron chi connectivity index (χ2n) is 5.51. The van der Waals surface area contributed by atoms with Crippen molar-refractivity contribution in [3.8, 4) is 11.5 Å². The van der Waals surface area contributed by atoms with E-state index in [0.717, 1.165) is 11.8 Å². The first-order chi connectivity index (χ1) is 12.9. The highest BCUT2D eigenvalue weighted by Gasteiger charge is 2.33. The third kappa shape index (κ3) is 3.96. The Morgan fingerprint density at radius 3 is 2.63 bits per heavy atom. The van der Waals surface area contributed by atoms with E-state index in [4.69, 9.17) is 22.1 Å². The van der Waals surface area contributed by atoms with Gasteiger partial charge >= 0.3 is 5.97 Å². The van der Waals surface area contributed by atoms with Crippen LogP contribution in [-0.4, -0.2) is 27.9 Å². The van der Waals surface area contributed by atoms with Crippen molar-refractivity contribution in [1.82, 2.24) is 0 Å². The molecule has 1 fully saturated rings. The van der Waals surface area contributed by atoms with Crippen molar-refractivity contribution in [2.24, 2.45) is 0 Å². The summed E-state index contributed by atoms with van der Waals surface area (Å²) in [6.45, 7) is 2.15. The summed E-state index contributed by atoms with van der Waals surface area (Å²) in [5, 5.41) is 20.7. The fraction of sp³-hybridized carbons (Fsp3) is 0.105. The number of ether oxygens (including phenoxy) is 1. The van der Waals surface area contributed by atoms with Gasteiger partial charge in [-0.15, -0.1) is 0 Å². The van der Waals surface area contributed by atoms with Crippen molar-refractivity contribution >= 4 is 51.9 Å². The van der Waals surface area contributed by atoms with E-state index in [2.05, 4.69) is 0 Å². The normalized spacial score (nSPS) is 15.4. The van der Waals surface area contributed by atoms with Crippen molar-refractivity contribution in [1.29, 1.82) is 0 Å². The number of thioether (sulfide) groups is 1. The third-order valence-corrected chi connectivity index (χ3v) is 5.03. The van der Waals surface area contributed by atoms with Gasteiger partial charge in [-0.25, -0.2) is 4.79 Å². The highest BCUT2D eigenvalue weighted by Crippen LogP contribution is 2.36. The zero-order valence-corrected chi connectivity index (χ0v) is 15.8. The molecule has 3 rings (SSSR count). The Morgan fingerprint density at radius 2 is 2.00 bits per heavy atom. The molecule has 0 atom stereocenters. The monoisotopic (exact) mass is 400 g/mol. The lowest BCUT2D eigenvalue weighted by Crippen LogP contribution is -2.27. The maximum atomic E-state index is 12.8. The van der Waals surface area contributed by atoms with E-state index < -0.39 is 5.97 Å². The first-order valence-corrected chi connectivity index (χ1v) is 9.18. The fourth-order valence-electron chi connectivity index (χ4n) is 2.48. The Bertz CT molecular complexity index is 953. The van der Waals surface area contributed by atoms with E-state index >= 15 is 0 Å². The van der Waals surface area contributed by atoms with Gasteiger partial charge in [0.1, 0.15) is 5.75 Å². The number of carbonyl (C=O) groups is 2. The van der Waals surface area contributed by atoms with Gasteiger partial charge in [-0.3, -0.25) is 9.69 Å². The van der Waals surface area contributed by atoms with Gasteiger partial charge in [-0.2, -0.15) is 0 Å². The lowest BCUT2D eigenvalue weighted by atomic mass is 10.1. The molecule has 0 aliphatic carbocycles. The van der Waals surface area contributed by atoms with Crippen LogP contribution in [0, 0.1) is 0 Å². The van der Waals surface area contributed by atoms with E-state index in [0.29, 0.717) is 27.1 Å². The molecule has 138 valence electrons. The number of rotatable bonds is 5. The van der Waals surface area contributed by atoms with Crippen molar-refractivity contribution in [2.45, 2.75) is 6.92 Å². The molecule has 0 unspecified atom stereocenters. The van der Waals surface area contributed by atoms with Gasteiger partial charge in [-0.05, 0) is 48.9 Å². The van der Waals surface area contributed by atoms with Crippen molar-refractivity contribution in [3.63, 3.8) is 0 Å². The Kier molecular flexibility index (Phi) is 5.48. The van der Waals surface area contributed by atoms with Gasteiger partial charge in [0.2, 0.25) is 0 Å². The lowest BCUT2D eigenvalue weighted by Gasteiger charge is -2.15. The molecular formula is C19H14NO5S2-. The molecule has 27 heavy (non-hydrogen) atoms. The molecule has 2 aromatic carbocycles. The number of anilines is 1. The SMILES string of the molecule is CCOc1cc(/C=C2\SC(=S)N(c3ccc(C(=O)O)cc3)C2=O)ccc1[O-]. The van der Waals surface area contributed by atoms with Gasteiger partial charge in [0, 0.05) is 0 Å². The van der Waals surface area contributed by atoms with Crippen molar-refractivity contribution in [2.75, 3.05) is 11.5 Å². The molecule has 8 heteroatoms. The topological polar surface area (TPSA) is 89.9 Å². The van der Waals surface area contributed by atoms with Gasteiger partial charge in [0.05, 0.1) is 22.8 Å². The molecule has 0 bridgehead atoms. The molecule has 1 aliphatic rings. The van der Waals surface area contributed by atoms with Crippen LogP contribution in [0.5, 0.6) is 11.5 Å². The number of amides is 1. The van der Waals surface area contributed by atoms with E-state index in [9.17, 15) is 14.7 Å². The minimum atomic E-state index is -1.04. The number of carboxylic acids is 1. The average molecular weight is 400 g/mol. The molecule has 0 aromatic heterocycles. The average Bonchev–Trinajstić information content (AvgIpc) is 2.91. The lowest BCUT2D eigenvalue weighted by molar-refractivity contribution is -0.270. The van der Waals surface area contributed by atoms with E-state index in [1.54, 1.807) is 25.1 Å². The molecule has 2 aromatic rings. The molecule has 0 spiro atoms. The minimum absolute atomic E-state index is 0.126. The van der Waals surface area contributed by atoms with Crippen LogP contribution >= 0.6 is 24.0 Å². The number of hydrogen-bond donors (Lipinski definition) is 1. The summed E-state index contributed by atoms with van der Waals surface area (Å²) < 4.78 is 5.64. The summed E-state index contributed by atoms with van der Waals surface area (Å²) in [7, 11) is 0. The van der Waals surface area contributed by atoms with Gasteiger partial charge in [-0.1, -0.05) is 41.9 Å². The largest absolute Gasteiger partial charge is 0.870 e. The number of aromatic carboxylic acids is 1. The maximum absolute atomic E-state index is 12.8. The smallest absolute Gasteiger partial charge is 0.335 e. The predicted octanol–water partition coefficient (Wildman–Crippen LogP) is 3.26. The van der Waals surface area contributed by atoms with Crippen LogP contribution in [0.25, 0.3) is 6.08 Å². The molecular weight excluding hydrogens is 386 g/mol. The molecule has 1 N–H and O–H groups in total. The van der Waals surface area contributed by atoms with Gasteiger partial charge in [0.15, 0.2) is 4.32 Å². The Labute approximate surface area is 165 Å². The van der Waals surface area contributed by atoms with Crippen LogP contribution < -0.4 is 14.7 Å². The third-order valence-electron chi connectivity index (χ3n) is 3.73. The minimum Gasteiger partial charge on any atom is -0.870 e. The number of benzene rings is 2. The number of carbonyl (C=O) groups excluding carboxylic acids is 1. The van der Waals surface area contributed by atoms with Crippen LogP contribution in [0.15, 0.2) is 47.4 Å². The van der Waals surface area contributed by atoms with Gasteiger partial charge < -0.3 is 14.9 Å². The predicted molar refractivity (Wildman–Crippen MR) is 106 cm³/mol. The summed E-state index contributed by atoms with van der Waals surface area (Å²) in [5.74, 6) is -1.35. The Balaban J connectivity index is 1.88. The van der Waals surface area contributed by atoms with Crippen molar-refractivity contribution < 1.29 is 24.5 Å². The van der Waals surface area contributed by atoms with E-state index in [1.807, 2.05) is 0 Å². The van der Waals surface area contributed by atoms with Crippen LogP contribution in [-0.2, 0) is 4.79 Å². The molecule has 6 nitrogen and oxygen atoms in total. The fourth-order valence-corrected chi connectivity index (χ4v) is 3.78. The van der Waals surface area contributed by atoms with Crippen LogP contribution in [0.3, 0.4) is 0 Å². The molecule has 0 saturated carbocycles.